The zero-order chi connectivity index (χ0) is 28.8. The van der Waals surface area contributed by atoms with Crippen LogP contribution in [-0.4, -0.2) is 99.4 Å². The van der Waals surface area contributed by atoms with E-state index in [2.05, 4.69) is 15.5 Å². The van der Waals surface area contributed by atoms with Crippen LogP contribution in [0.25, 0.3) is 0 Å². The van der Waals surface area contributed by atoms with E-state index in [0.717, 1.165) is 24.8 Å². The molecule has 3 heterocycles. The van der Waals surface area contributed by atoms with Crippen LogP contribution in [0, 0.1) is 12.3 Å². The topological polar surface area (TPSA) is 125 Å². The van der Waals surface area contributed by atoms with Crippen LogP contribution in [-0.2, 0) is 19.4 Å². The minimum atomic E-state index is -3.07. The van der Waals surface area contributed by atoms with Crippen LogP contribution in [0.4, 0.5) is 0 Å². The number of rotatable bonds is 4. The third-order valence-corrected chi connectivity index (χ3v) is 10.4. The number of likely N-dealkylation sites (N-methyl/N-ethyl adjacent to an activating group) is 1. The average molecular weight is 577 g/mol. The number of likely N-dealkylation sites (tertiary alicyclic amines) is 1. The second-order valence-electron chi connectivity index (χ2n) is 11.4. The van der Waals surface area contributed by atoms with Gasteiger partial charge in [-0.15, -0.1) is 0 Å². The summed E-state index contributed by atoms with van der Waals surface area (Å²) >= 11 is 0. The molecule has 3 aliphatic heterocycles. The van der Waals surface area contributed by atoms with Gasteiger partial charge < -0.3 is 20.3 Å². The maximum atomic E-state index is 13.5. The summed E-state index contributed by atoms with van der Waals surface area (Å²) in [5.74, 6) is 0.653. The number of benzene rings is 1. The van der Waals surface area contributed by atoms with Crippen molar-refractivity contribution >= 4 is 27.6 Å². The molecule has 40 heavy (non-hydrogen) atoms. The molecule has 11 heteroatoms. The summed E-state index contributed by atoms with van der Waals surface area (Å²) in [6.07, 6.45) is 4.74. The molecule has 4 rings (SSSR count). The van der Waals surface area contributed by atoms with Gasteiger partial charge in [0.15, 0.2) is 9.84 Å². The lowest BCUT2D eigenvalue weighted by molar-refractivity contribution is -0.137. The maximum absolute atomic E-state index is 13.5. The molecule has 2 fully saturated rings. The quantitative estimate of drug-likeness (QED) is 0.561. The molecular formula is C29H44N4O6S. The minimum absolute atomic E-state index is 0.0425. The molecule has 10 nitrogen and oxygen atoms in total. The third-order valence-electron chi connectivity index (χ3n) is 8.64. The first-order valence-electron chi connectivity index (χ1n) is 14.7. The number of amides is 3. The number of piperidine rings is 1. The fraction of sp³-hybridized carbons (Fsp3) is 0.690. The van der Waals surface area contributed by atoms with Gasteiger partial charge in [0, 0.05) is 25.7 Å². The van der Waals surface area contributed by atoms with E-state index in [1.165, 1.54) is 0 Å². The van der Waals surface area contributed by atoms with Crippen molar-refractivity contribution in [1.82, 2.24) is 20.4 Å². The lowest BCUT2D eigenvalue weighted by Gasteiger charge is -2.41. The van der Waals surface area contributed by atoms with Gasteiger partial charge in [-0.05, 0) is 77.1 Å². The number of nitrogens with one attached hydrogen (secondary N) is 2. The maximum Gasteiger partial charge on any atom is 0.255 e. The van der Waals surface area contributed by atoms with Crippen LogP contribution >= 0.6 is 0 Å². The highest BCUT2D eigenvalue weighted by Crippen LogP contribution is 2.37. The van der Waals surface area contributed by atoms with Crippen molar-refractivity contribution in [3.63, 3.8) is 0 Å². The monoisotopic (exact) mass is 576 g/mol. The van der Waals surface area contributed by atoms with Crippen molar-refractivity contribution < 1.29 is 27.5 Å². The molecule has 0 bridgehead atoms. The largest absolute Gasteiger partial charge is 0.492 e. The SMILES string of the molecule is CCN(C(=O)CN1CCC2(CCCCNC(=O)c3cccc(C)c3OCCCNC2=O)CC1)C1CCS(=O)(=O)C1. The molecule has 0 aromatic heterocycles. The highest BCUT2D eigenvalue weighted by Gasteiger charge is 2.41. The molecule has 1 unspecified atom stereocenters. The summed E-state index contributed by atoms with van der Waals surface area (Å²) in [7, 11) is -3.07. The fourth-order valence-electron chi connectivity index (χ4n) is 6.22. The molecule has 2 saturated heterocycles. The number of aryl methyl sites for hydroxylation is 1. The molecule has 2 N–H and O–H groups in total. The van der Waals surface area contributed by atoms with Crippen LogP contribution in [0.5, 0.6) is 5.75 Å². The number of sulfone groups is 1. The third kappa shape index (κ3) is 7.34. The van der Waals surface area contributed by atoms with Gasteiger partial charge >= 0.3 is 0 Å². The Morgan fingerprint density at radius 1 is 1.10 bits per heavy atom. The summed E-state index contributed by atoms with van der Waals surface area (Å²) in [4.78, 5) is 43.2. The summed E-state index contributed by atoms with van der Waals surface area (Å²) < 4.78 is 29.8. The molecule has 1 aromatic rings. The van der Waals surface area contributed by atoms with Crippen LogP contribution in [0.3, 0.4) is 0 Å². The number of carbonyl (C=O) groups excluding carboxylic acids is 3. The van der Waals surface area contributed by atoms with E-state index in [4.69, 9.17) is 4.74 Å². The highest BCUT2D eigenvalue weighted by atomic mass is 32.2. The number of para-hydroxylation sites is 1. The molecule has 222 valence electrons. The van der Waals surface area contributed by atoms with E-state index < -0.39 is 15.3 Å². The second kappa shape index (κ2) is 13.3. The van der Waals surface area contributed by atoms with Gasteiger partial charge in [0.1, 0.15) is 5.75 Å². The van der Waals surface area contributed by atoms with Crippen LogP contribution in [0.1, 0.15) is 67.8 Å². The van der Waals surface area contributed by atoms with Crippen molar-refractivity contribution in [3.8, 4) is 5.75 Å². The van der Waals surface area contributed by atoms with Crippen molar-refractivity contribution in [1.29, 1.82) is 0 Å². The second-order valence-corrected chi connectivity index (χ2v) is 13.6. The van der Waals surface area contributed by atoms with Crippen molar-refractivity contribution in [3.05, 3.63) is 29.3 Å². The molecule has 0 saturated carbocycles. The Kier molecular flexibility index (Phi) is 10.1. The molecule has 1 aromatic carbocycles. The van der Waals surface area contributed by atoms with Gasteiger partial charge in [-0.25, -0.2) is 8.42 Å². The van der Waals surface area contributed by atoms with Gasteiger partial charge in [0.2, 0.25) is 11.8 Å². The Bertz CT molecular complexity index is 1180. The van der Waals surface area contributed by atoms with E-state index in [-0.39, 0.29) is 41.8 Å². The van der Waals surface area contributed by atoms with Gasteiger partial charge in [-0.3, -0.25) is 19.3 Å². The normalized spacial score (nSPS) is 24.1. The minimum Gasteiger partial charge on any atom is -0.492 e. The first-order chi connectivity index (χ1) is 19.1. The Labute approximate surface area is 238 Å². The van der Waals surface area contributed by atoms with E-state index in [9.17, 15) is 22.8 Å². The van der Waals surface area contributed by atoms with E-state index in [1.54, 1.807) is 11.0 Å². The Morgan fingerprint density at radius 3 is 2.55 bits per heavy atom. The number of hydrogen-bond donors (Lipinski definition) is 2. The first-order valence-corrected chi connectivity index (χ1v) is 16.5. The first kappa shape index (κ1) is 30.3. The smallest absolute Gasteiger partial charge is 0.255 e. The van der Waals surface area contributed by atoms with Crippen LogP contribution < -0.4 is 15.4 Å². The predicted molar refractivity (Wildman–Crippen MR) is 153 cm³/mol. The lowest BCUT2D eigenvalue weighted by Crippen LogP contribution is -2.52. The van der Waals surface area contributed by atoms with Crippen molar-refractivity contribution in [2.45, 2.75) is 64.8 Å². The Hall–Kier alpha value is -2.66. The van der Waals surface area contributed by atoms with Gasteiger partial charge in [-0.1, -0.05) is 18.6 Å². The number of fused-ring (bicyclic) bond motifs is 1. The van der Waals surface area contributed by atoms with E-state index >= 15 is 0 Å². The van der Waals surface area contributed by atoms with E-state index in [1.807, 2.05) is 26.0 Å². The van der Waals surface area contributed by atoms with Crippen LogP contribution in [0.15, 0.2) is 18.2 Å². The number of hydrogen-bond acceptors (Lipinski definition) is 7. The summed E-state index contributed by atoms with van der Waals surface area (Å²) in [6, 6.07) is 5.31. The number of ether oxygens (including phenoxy) is 1. The molecule has 3 amide bonds. The summed E-state index contributed by atoms with van der Waals surface area (Å²) in [5, 5.41) is 6.14. The summed E-state index contributed by atoms with van der Waals surface area (Å²) in [6.45, 7) is 7.22. The summed E-state index contributed by atoms with van der Waals surface area (Å²) in [5.41, 5.74) is 0.933. The lowest BCUT2D eigenvalue weighted by atomic mass is 9.73. The molecular weight excluding hydrogens is 532 g/mol. The van der Waals surface area contributed by atoms with Crippen LogP contribution in [0.2, 0.25) is 0 Å². The zero-order valence-corrected chi connectivity index (χ0v) is 24.7. The zero-order valence-electron chi connectivity index (χ0n) is 23.9. The Balaban J connectivity index is 1.35. The Morgan fingerprint density at radius 2 is 1.85 bits per heavy atom. The average Bonchev–Trinajstić information content (AvgIpc) is 3.28. The van der Waals surface area contributed by atoms with Crippen molar-refractivity contribution in [2.75, 3.05) is 57.4 Å². The molecule has 1 atom stereocenters. The highest BCUT2D eigenvalue weighted by molar-refractivity contribution is 7.91. The molecule has 1 spiro atoms. The van der Waals surface area contributed by atoms with Gasteiger partial charge in [-0.2, -0.15) is 0 Å². The van der Waals surface area contributed by atoms with Gasteiger partial charge in [0.25, 0.3) is 5.91 Å². The van der Waals surface area contributed by atoms with Crippen molar-refractivity contribution in [2.24, 2.45) is 5.41 Å². The number of carbonyl (C=O) groups is 3. The molecule has 3 aliphatic rings. The standard InChI is InChI=1S/C29H44N4O6S/c1-3-33(23-10-19-40(37,38)21-23)25(34)20-32-16-12-29(13-17-32)11-4-5-14-30-27(35)24-9-6-8-22(2)26(24)39-18-7-15-31-28(29)36/h6,8-9,23H,3-5,7,10-21H2,1-2H3,(H,30,35)(H,31,36). The fourth-order valence-corrected chi connectivity index (χ4v) is 7.95. The van der Waals surface area contributed by atoms with Gasteiger partial charge in [0.05, 0.1) is 35.6 Å². The van der Waals surface area contributed by atoms with E-state index in [0.29, 0.717) is 76.3 Å². The predicted octanol–water partition coefficient (Wildman–Crippen LogP) is 1.91. The number of nitrogens with zero attached hydrogens (tertiary/aromatic N) is 2. The molecule has 0 radical (unpaired) electrons. The molecule has 0 aliphatic carbocycles.